The van der Waals surface area contributed by atoms with Crippen LogP contribution in [0, 0.1) is 12.8 Å². The number of benzene rings is 1. The van der Waals surface area contributed by atoms with E-state index >= 15 is 0 Å². The first-order valence-corrected chi connectivity index (χ1v) is 9.19. The highest BCUT2D eigenvalue weighted by Gasteiger charge is 2.23. The van der Waals surface area contributed by atoms with Crippen LogP contribution in [0.2, 0.25) is 0 Å². The summed E-state index contributed by atoms with van der Waals surface area (Å²) < 4.78 is 0. The fourth-order valence-electron chi connectivity index (χ4n) is 3.54. The molecular formula is C20H33ClN2O. The van der Waals surface area contributed by atoms with Crippen LogP contribution in [0.5, 0.6) is 0 Å². The first-order valence-electron chi connectivity index (χ1n) is 9.19. The molecule has 0 saturated carbocycles. The molecule has 0 bridgehead atoms. The van der Waals surface area contributed by atoms with Crippen molar-refractivity contribution in [2.24, 2.45) is 5.92 Å². The number of aryl methyl sites for hydroxylation is 1. The Balaban J connectivity index is 0.00000288. The topological polar surface area (TPSA) is 32.3 Å². The van der Waals surface area contributed by atoms with Crippen LogP contribution in [0.4, 0.5) is 0 Å². The van der Waals surface area contributed by atoms with E-state index in [1.165, 1.54) is 17.5 Å². The van der Waals surface area contributed by atoms with E-state index in [-0.39, 0.29) is 12.4 Å². The van der Waals surface area contributed by atoms with Crippen molar-refractivity contribution in [2.75, 3.05) is 19.6 Å². The van der Waals surface area contributed by atoms with Gasteiger partial charge in [0, 0.05) is 19.0 Å². The van der Waals surface area contributed by atoms with Crippen molar-refractivity contribution >= 4 is 18.3 Å². The Morgan fingerprint density at radius 2 is 2.00 bits per heavy atom. The molecule has 24 heavy (non-hydrogen) atoms. The third-order valence-electron chi connectivity index (χ3n) is 5.09. The lowest BCUT2D eigenvalue weighted by atomic mass is 9.99. The van der Waals surface area contributed by atoms with Crippen LogP contribution in [0.15, 0.2) is 24.3 Å². The second kappa shape index (κ2) is 10.7. The fraction of sp³-hybridized carbons (Fsp3) is 0.650. The zero-order valence-electron chi connectivity index (χ0n) is 15.4. The Morgan fingerprint density at radius 1 is 1.29 bits per heavy atom. The number of carbonyl (C=O) groups excluding carboxylic acids is 1. The lowest BCUT2D eigenvalue weighted by Crippen LogP contribution is -2.41. The highest BCUT2D eigenvalue weighted by atomic mass is 35.5. The molecule has 3 nitrogen and oxygen atoms in total. The molecule has 1 heterocycles. The maximum atomic E-state index is 12.7. The molecule has 1 aliphatic rings. The summed E-state index contributed by atoms with van der Waals surface area (Å²) in [6.07, 6.45) is 4.92. The van der Waals surface area contributed by atoms with Crippen LogP contribution in [-0.4, -0.2) is 36.5 Å². The summed E-state index contributed by atoms with van der Waals surface area (Å²) >= 11 is 0. The Bertz CT molecular complexity index is 483. The average molecular weight is 353 g/mol. The van der Waals surface area contributed by atoms with Gasteiger partial charge in [-0.15, -0.1) is 12.4 Å². The van der Waals surface area contributed by atoms with Crippen LogP contribution in [0.25, 0.3) is 0 Å². The van der Waals surface area contributed by atoms with Gasteiger partial charge >= 0.3 is 0 Å². The van der Waals surface area contributed by atoms with Crippen LogP contribution in [0.1, 0.15) is 50.7 Å². The Kier molecular flexibility index (Phi) is 9.38. The Labute approximate surface area is 153 Å². The van der Waals surface area contributed by atoms with Gasteiger partial charge in [0.15, 0.2) is 0 Å². The molecule has 0 aromatic heterocycles. The third-order valence-corrected chi connectivity index (χ3v) is 5.09. The number of rotatable bonds is 8. The third kappa shape index (κ3) is 6.10. The molecule has 1 saturated heterocycles. The number of nitrogens with zero attached hydrogens (tertiary/aromatic N) is 1. The molecular weight excluding hydrogens is 320 g/mol. The number of hydrogen-bond acceptors (Lipinski definition) is 2. The number of hydrogen-bond donors (Lipinski definition) is 1. The summed E-state index contributed by atoms with van der Waals surface area (Å²) in [6.45, 7) is 9.41. The molecule has 1 aromatic carbocycles. The molecule has 136 valence electrons. The molecule has 1 aliphatic heterocycles. The minimum Gasteiger partial charge on any atom is -0.340 e. The van der Waals surface area contributed by atoms with Crippen molar-refractivity contribution in [3.63, 3.8) is 0 Å². The van der Waals surface area contributed by atoms with Crippen molar-refractivity contribution in [2.45, 2.75) is 58.9 Å². The van der Waals surface area contributed by atoms with Gasteiger partial charge in [-0.3, -0.25) is 4.79 Å². The standard InChI is InChI=1S/C20H32N2O.ClH/c1-4-19(14-17-8-6-16(3)7-9-17)22(5-2)20(23)11-10-18-12-13-21-15-18;/h6-9,18-19,21H,4-5,10-15H2,1-3H3;1H. The first-order chi connectivity index (χ1) is 11.1. The highest BCUT2D eigenvalue weighted by Crippen LogP contribution is 2.18. The molecule has 0 spiro atoms. The molecule has 1 aromatic rings. The van der Waals surface area contributed by atoms with Crippen molar-refractivity contribution in [3.05, 3.63) is 35.4 Å². The van der Waals surface area contributed by atoms with Gasteiger partial charge in [0.2, 0.25) is 5.91 Å². The van der Waals surface area contributed by atoms with E-state index in [0.29, 0.717) is 24.3 Å². The predicted octanol–water partition coefficient (Wildman–Crippen LogP) is 3.98. The predicted molar refractivity (Wildman–Crippen MR) is 104 cm³/mol. The minimum absolute atomic E-state index is 0. The Morgan fingerprint density at radius 3 is 2.54 bits per heavy atom. The molecule has 1 fully saturated rings. The SMILES string of the molecule is CCC(Cc1ccc(C)cc1)N(CC)C(=O)CCC1CCNC1.Cl. The average Bonchev–Trinajstić information content (AvgIpc) is 3.08. The van der Waals surface area contributed by atoms with Crippen LogP contribution in [-0.2, 0) is 11.2 Å². The molecule has 2 rings (SSSR count). The summed E-state index contributed by atoms with van der Waals surface area (Å²) in [6, 6.07) is 9.03. The smallest absolute Gasteiger partial charge is 0.222 e. The van der Waals surface area contributed by atoms with Gasteiger partial charge in [0.05, 0.1) is 0 Å². The van der Waals surface area contributed by atoms with Crippen LogP contribution in [0.3, 0.4) is 0 Å². The van der Waals surface area contributed by atoms with Gasteiger partial charge in [-0.05, 0) is 64.1 Å². The van der Waals surface area contributed by atoms with Crippen molar-refractivity contribution in [1.29, 1.82) is 0 Å². The zero-order chi connectivity index (χ0) is 16.7. The van der Waals surface area contributed by atoms with E-state index in [4.69, 9.17) is 0 Å². The lowest BCUT2D eigenvalue weighted by Gasteiger charge is -2.31. The van der Waals surface area contributed by atoms with Gasteiger partial charge in [-0.25, -0.2) is 0 Å². The van der Waals surface area contributed by atoms with Crippen molar-refractivity contribution in [1.82, 2.24) is 10.2 Å². The summed E-state index contributed by atoms with van der Waals surface area (Å²) in [5.41, 5.74) is 2.61. The minimum atomic E-state index is 0. The van der Waals surface area contributed by atoms with E-state index in [0.717, 1.165) is 38.9 Å². The van der Waals surface area contributed by atoms with Crippen molar-refractivity contribution in [3.8, 4) is 0 Å². The second-order valence-electron chi connectivity index (χ2n) is 6.83. The molecule has 2 atom stereocenters. The quantitative estimate of drug-likeness (QED) is 0.767. The number of carbonyl (C=O) groups is 1. The van der Waals surface area contributed by atoms with E-state index in [9.17, 15) is 4.79 Å². The summed E-state index contributed by atoms with van der Waals surface area (Å²) in [4.78, 5) is 14.8. The maximum absolute atomic E-state index is 12.7. The van der Waals surface area contributed by atoms with Gasteiger partial charge in [0.25, 0.3) is 0 Å². The first kappa shape index (κ1) is 21.0. The van der Waals surface area contributed by atoms with Crippen LogP contribution >= 0.6 is 12.4 Å². The monoisotopic (exact) mass is 352 g/mol. The van der Waals surface area contributed by atoms with E-state index < -0.39 is 0 Å². The second-order valence-corrected chi connectivity index (χ2v) is 6.83. The molecule has 0 radical (unpaired) electrons. The maximum Gasteiger partial charge on any atom is 0.222 e. The highest BCUT2D eigenvalue weighted by molar-refractivity contribution is 5.85. The fourth-order valence-corrected chi connectivity index (χ4v) is 3.54. The Hall–Kier alpha value is -1.06. The van der Waals surface area contributed by atoms with Gasteiger partial charge in [-0.2, -0.15) is 0 Å². The van der Waals surface area contributed by atoms with Crippen LogP contribution < -0.4 is 5.32 Å². The largest absolute Gasteiger partial charge is 0.340 e. The van der Waals surface area contributed by atoms with Crippen molar-refractivity contribution < 1.29 is 4.79 Å². The molecule has 1 amide bonds. The summed E-state index contributed by atoms with van der Waals surface area (Å²) in [5, 5.41) is 3.39. The summed E-state index contributed by atoms with van der Waals surface area (Å²) in [5.74, 6) is 1.02. The van der Waals surface area contributed by atoms with E-state index in [1.807, 2.05) is 0 Å². The van der Waals surface area contributed by atoms with E-state index in [2.05, 4.69) is 55.3 Å². The van der Waals surface area contributed by atoms with Gasteiger partial charge in [0.1, 0.15) is 0 Å². The normalized spacial score (nSPS) is 18.0. The number of halogens is 1. The lowest BCUT2D eigenvalue weighted by molar-refractivity contribution is -0.133. The number of likely N-dealkylation sites (N-methyl/N-ethyl adjacent to an activating group) is 1. The van der Waals surface area contributed by atoms with E-state index in [1.54, 1.807) is 0 Å². The molecule has 2 unspecified atom stereocenters. The summed E-state index contributed by atoms with van der Waals surface area (Å²) in [7, 11) is 0. The molecule has 0 aliphatic carbocycles. The zero-order valence-corrected chi connectivity index (χ0v) is 16.2. The molecule has 4 heteroatoms. The number of amides is 1. The molecule has 1 N–H and O–H groups in total. The number of nitrogens with one attached hydrogen (secondary N) is 1. The van der Waals surface area contributed by atoms with Gasteiger partial charge < -0.3 is 10.2 Å². The van der Waals surface area contributed by atoms with Gasteiger partial charge in [-0.1, -0.05) is 36.8 Å².